The molecule has 3 rings (SSSR count). The zero-order valence-corrected chi connectivity index (χ0v) is 15.1. The highest BCUT2D eigenvalue weighted by molar-refractivity contribution is 9.10. The van der Waals surface area contributed by atoms with Gasteiger partial charge in [-0.05, 0) is 24.3 Å². The highest BCUT2D eigenvalue weighted by atomic mass is 79.9. The van der Waals surface area contributed by atoms with Crippen LogP contribution in [0.5, 0.6) is 11.5 Å². The number of halogens is 4. The van der Waals surface area contributed by atoms with E-state index in [2.05, 4.69) is 15.9 Å². The average molecular weight is 437 g/mol. The number of alkyl halides is 2. The molecule has 25 heavy (non-hydrogen) atoms. The van der Waals surface area contributed by atoms with Crippen molar-refractivity contribution in [3.05, 3.63) is 51.7 Å². The maximum atomic E-state index is 14.4. The molecule has 1 aliphatic rings. The van der Waals surface area contributed by atoms with Gasteiger partial charge >= 0.3 is 0 Å². The Morgan fingerprint density at radius 2 is 1.84 bits per heavy atom. The van der Waals surface area contributed by atoms with Gasteiger partial charge < -0.3 is 9.84 Å². The molecule has 0 spiro atoms. The van der Waals surface area contributed by atoms with Crippen LogP contribution in [0.4, 0.5) is 13.2 Å². The van der Waals surface area contributed by atoms with Crippen LogP contribution in [-0.4, -0.2) is 26.0 Å². The molecule has 1 N–H and O–H groups in total. The molecule has 0 amide bonds. The van der Waals surface area contributed by atoms with Gasteiger partial charge in [0, 0.05) is 27.9 Å². The Hall–Kier alpha value is -1.58. The lowest BCUT2D eigenvalue weighted by Gasteiger charge is -2.15. The van der Waals surface area contributed by atoms with E-state index in [1.165, 1.54) is 12.1 Å². The van der Waals surface area contributed by atoms with Gasteiger partial charge in [-0.15, -0.1) is 0 Å². The molecule has 3 atom stereocenters. The Morgan fingerprint density at radius 1 is 1.16 bits per heavy atom. The SMILES string of the molecule is CS(=O)(=O)c1ccc(Oc2cc(F)cc(Br)c2)c2c1[C@H](O)[C@H](F)[C@@H]2F. The molecular formula is C16H12BrF3O4S. The molecule has 9 heteroatoms. The molecule has 1 aliphatic carbocycles. The van der Waals surface area contributed by atoms with Crippen LogP contribution in [-0.2, 0) is 9.84 Å². The lowest BCUT2D eigenvalue weighted by Crippen LogP contribution is -2.11. The third-order valence-electron chi connectivity index (χ3n) is 3.82. The van der Waals surface area contributed by atoms with Crippen LogP contribution in [0, 0.1) is 5.82 Å². The van der Waals surface area contributed by atoms with E-state index in [9.17, 15) is 26.7 Å². The van der Waals surface area contributed by atoms with Crippen molar-refractivity contribution in [1.29, 1.82) is 0 Å². The van der Waals surface area contributed by atoms with E-state index in [-0.39, 0.29) is 27.5 Å². The molecule has 0 saturated carbocycles. The van der Waals surface area contributed by atoms with E-state index in [0.717, 1.165) is 24.5 Å². The van der Waals surface area contributed by atoms with Crippen LogP contribution in [0.25, 0.3) is 0 Å². The molecule has 2 aromatic rings. The van der Waals surface area contributed by atoms with Crippen molar-refractivity contribution in [1.82, 2.24) is 0 Å². The summed E-state index contributed by atoms with van der Waals surface area (Å²) >= 11 is 3.08. The third-order valence-corrected chi connectivity index (χ3v) is 5.44. The van der Waals surface area contributed by atoms with Crippen molar-refractivity contribution in [3.63, 3.8) is 0 Å². The molecule has 0 saturated heterocycles. The van der Waals surface area contributed by atoms with E-state index < -0.39 is 34.1 Å². The minimum absolute atomic E-state index is 0.00479. The van der Waals surface area contributed by atoms with Gasteiger partial charge in [-0.2, -0.15) is 0 Å². The van der Waals surface area contributed by atoms with E-state index in [1.54, 1.807) is 0 Å². The quantitative estimate of drug-likeness (QED) is 0.783. The largest absolute Gasteiger partial charge is 0.457 e. The number of ether oxygens (including phenoxy) is 1. The van der Waals surface area contributed by atoms with Gasteiger partial charge in [0.1, 0.15) is 23.4 Å². The third kappa shape index (κ3) is 3.28. The molecule has 0 aliphatic heterocycles. The van der Waals surface area contributed by atoms with Crippen molar-refractivity contribution in [2.45, 2.75) is 23.3 Å². The Morgan fingerprint density at radius 3 is 2.44 bits per heavy atom. The molecule has 0 fully saturated rings. The van der Waals surface area contributed by atoms with Crippen molar-refractivity contribution >= 4 is 25.8 Å². The molecule has 0 radical (unpaired) electrons. The zero-order valence-electron chi connectivity index (χ0n) is 12.7. The Balaban J connectivity index is 2.17. The number of sulfone groups is 1. The fourth-order valence-corrected chi connectivity index (χ4v) is 4.18. The standard InChI is InChI=1S/C16H12BrF3O4S/c1-25(22,23)11-3-2-10(12-13(11)16(21)15(20)14(12)19)24-9-5-7(17)4-8(18)6-9/h2-6,14-16,21H,1H3/t14-,15-,16+/m1/s1. The molecule has 4 nitrogen and oxygen atoms in total. The smallest absolute Gasteiger partial charge is 0.175 e. The summed E-state index contributed by atoms with van der Waals surface area (Å²) in [7, 11) is -3.83. The van der Waals surface area contributed by atoms with Crippen molar-refractivity contribution < 1.29 is 31.4 Å². The summed E-state index contributed by atoms with van der Waals surface area (Å²) in [5.41, 5.74) is -0.751. The highest BCUT2D eigenvalue weighted by Crippen LogP contribution is 2.50. The summed E-state index contributed by atoms with van der Waals surface area (Å²) in [6.07, 6.45) is -5.64. The lowest BCUT2D eigenvalue weighted by atomic mass is 10.1. The number of aliphatic hydroxyl groups is 1. The van der Waals surface area contributed by atoms with Crippen LogP contribution in [0.3, 0.4) is 0 Å². The van der Waals surface area contributed by atoms with E-state index in [4.69, 9.17) is 4.74 Å². The summed E-state index contributed by atoms with van der Waals surface area (Å²) in [6, 6.07) is 5.89. The maximum Gasteiger partial charge on any atom is 0.175 e. The summed E-state index contributed by atoms with van der Waals surface area (Å²) in [4.78, 5) is -0.370. The summed E-state index contributed by atoms with van der Waals surface area (Å²) < 4.78 is 71.3. The van der Waals surface area contributed by atoms with Crippen molar-refractivity contribution in [2.24, 2.45) is 0 Å². The number of fused-ring (bicyclic) bond motifs is 1. The molecular weight excluding hydrogens is 425 g/mol. The van der Waals surface area contributed by atoms with Gasteiger partial charge in [0.05, 0.1) is 4.90 Å². The summed E-state index contributed by atoms with van der Waals surface area (Å²) in [5.74, 6) is -0.800. The fraction of sp³-hybridized carbons (Fsp3) is 0.250. The topological polar surface area (TPSA) is 63.6 Å². The predicted molar refractivity (Wildman–Crippen MR) is 87.4 cm³/mol. The first-order valence-electron chi connectivity index (χ1n) is 7.06. The van der Waals surface area contributed by atoms with Crippen LogP contribution >= 0.6 is 15.9 Å². The normalized spacial score (nSPS) is 22.7. The lowest BCUT2D eigenvalue weighted by molar-refractivity contribution is 0.0454. The molecule has 134 valence electrons. The molecule has 0 heterocycles. The summed E-state index contributed by atoms with van der Waals surface area (Å²) in [5, 5.41) is 9.94. The first kappa shape index (κ1) is 18.2. The first-order valence-corrected chi connectivity index (χ1v) is 9.75. The van der Waals surface area contributed by atoms with Gasteiger partial charge in [0.2, 0.25) is 0 Å². The number of aliphatic hydroxyl groups excluding tert-OH is 1. The van der Waals surface area contributed by atoms with Gasteiger partial charge in [-0.25, -0.2) is 21.6 Å². The van der Waals surface area contributed by atoms with Crippen LogP contribution in [0.2, 0.25) is 0 Å². The number of hydrogen-bond donors (Lipinski definition) is 1. The van der Waals surface area contributed by atoms with Gasteiger partial charge in [-0.3, -0.25) is 0 Å². The molecule has 0 aromatic heterocycles. The Kier molecular flexibility index (Phi) is 4.59. The second-order valence-electron chi connectivity index (χ2n) is 5.66. The number of hydrogen-bond acceptors (Lipinski definition) is 4. The van der Waals surface area contributed by atoms with Gasteiger partial charge in [0.25, 0.3) is 0 Å². The first-order chi connectivity index (χ1) is 11.6. The van der Waals surface area contributed by atoms with E-state index in [0.29, 0.717) is 4.47 Å². The second kappa shape index (κ2) is 6.30. The molecule has 0 bridgehead atoms. The van der Waals surface area contributed by atoms with E-state index >= 15 is 0 Å². The van der Waals surface area contributed by atoms with Crippen LogP contribution < -0.4 is 4.74 Å². The average Bonchev–Trinajstić information content (AvgIpc) is 2.71. The monoisotopic (exact) mass is 436 g/mol. The summed E-state index contributed by atoms with van der Waals surface area (Å²) in [6.45, 7) is 0. The fourth-order valence-electron chi connectivity index (χ4n) is 2.79. The number of benzene rings is 2. The maximum absolute atomic E-state index is 14.4. The minimum atomic E-state index is -3.83. The highest BCUT2D eigenvalue weighted by Gasteiger charge is 2.45. The predicted octanol–water partition coefficient (Wildman–Crippen LogP) is 4.18. The zero-order chi connectivity index (χ0) is 18.5. The van der Waals surface area contributed by atoms with Crippen LogP contribution in [0.1, 0.15) is 23.4 Å². The Bertz CT molecular complexity index is 928. The van der Waals surface area contributed by atoms with Crippen LogP contribution in [0.15, 0.2) is 39.7 Å². The van der Waals surface area contributed by atoms with E-state index in [1.807, 2.05) is 0 Å². The van der Waals surface area contributed by atoms with Crippen molar-refractivity contribution in [2.75, 3.05) is 6.26 Å². The molecule has 0 unspecified atom stereocenters. The minimum Gasteiger partial charge on any atom is -0.457 e. The van der Waals surface area contributed by atoms with Gasteiger partial charge in [-0.1, -0.05) is 15.9 Å². The van der Waals surface area contributed by atoms with Gasteiger partial charge in [0.15, 0.2) is 22.2 Å². The number of rotatable bonds is 3. The van der Waals surface area contributed by atoms with Crippen molar-refractivity contribution in [3.8, 4) is 11.5 Å². The Labute approximate surface area is 150 Å². The molecule has 2 aromatic carbocycles. The second-order valence-corrected chi connectivity index (χ2v) is 8.56.